The van der Waals surface area contributed by atoms with Crippen LogP contribution in [0.2, 0.25) is 0 Å². The molecule has 1 aromatic rings. The van der Waals surface area contributed by atoms with Gasteiger partial charge >= 0.3 is 0 Å². The van der Waals surface area contributed by atoms with Crippen molar-refractivity contribution < 1.29 is 5.11 Å². The van der Waals surface area contributed by atoms with Crippen molar-refractivity contribution in [3.8, 4) is 0 Å². The number of hydrogen-bond acceptors (Lipinski definition) is 3. The van der Waals surface area contributed by atoms with E-state index in [-0.39, 0.29) is 0 Å². The second-order valence-corrected chi connectivity index (χ2v) is 5.72. The molecule has 0 heterocycles. The lowest BCUT2D eigenvalue weighted by molar-refractivity contribution is 0.0727. The topological polar surface area (TPSA) is 49.5 Å². The minimum atomic E-state index is -0.621. The van der Waals surface area contributed by atoms with Crippen LogP contribution in [0.4, 0.5) is 5.69 Å². The number of nitrogens with two attached hydrogens (primary N) is 1. The van der Waals surface area contributed by atoms with Crippen molar-refractivity contribution in [3.63, 3.8) is 0 Å². The fraction of sp³-hybridized carbons (Fsp3) is 0.600. The molecule has 0 aliphatic rings. The highest BCUT2D eigenvalue weighted by molar-refractivity contribution is 5.48. The number of nitrogens with zero attached hydrogens (tertiary/aromatic N) is 1. The molecule has 3 nitrogen and oxygen atoms in total. The molecular formula is C15H26N2O. The fourth-order valence-corrected chi connectivity index (χ4v) is 1.90. The van der Waals surface area contributed by atoms with Crippen molar-refractivity contribution in [1.82, 2.24) is 0 Å². The van der Waals surface area contributed by atoms with Gasteiger partial charge in [-0.1, -0.05) is 12.1 Å². The smallest absolute Gasteiger partial charge is 0.0608 e. The Balaban J connectivity index is 2.77. The van der Waals surface area contributed by atoms with Gasteiger partial charge < -0.3 is 15.7 Å². The fourth-order valence-electron chi connectivity index (χ4n) is 1.90. The first-order valence-electron chi connectivity index (χ1n) is 6.61. The molecule has 0 atom stereocenters. The molecule has 18 heavy (non-hydrogen) atoms. The van der Waals surface area contributed by atoms with E-state index in [0.29, 0.717) is 12.6 Å². The maximum absolute atomic E-state index is 9.83. The molecule has 0 fully saturated rings. The van der Waals surface area contributed by atoms with Crippen LogP contribution in [0.5, 0.6) is 0 Å². The molecule has 0 aliphatic heterocycles. The number of anilines is 1. The van der Waals surface area contributed by atoms with Gasteiger partial charge in [0.05, 0.1) is 5.60 Å². The van der Waals surface area contributed by atoms with E-state index >= 15 is 0 Å². The summed E-state index contributed by atoms with van der Waals surface area (Å²) >= 11 is 0. The molecule has 0 saturated heterocycles. The van der Waals surface area contributed by atoms with Gasteiger partial charge in [0.15, 0.2) is 0 Å². The molecule has 1 aromatic carbocycles. The third-order valence-corrected chi connectivity index (χ3v) is 3.09. The largest absolute Gasteiger partial charge is 0.390 e. The summed E-state index contributed by atoms with van der Waals surface area (Å²) < 4.78 is 0. The van der Waals surface area contributed by atoms with Crippen molar-refractivity contribution in [2.45, 2.75) is 52.3 Å². The van der Waals surface area contributed by atoms with Gasteiger partial charge in [0.1, 0.15) is 0 Å². The molecule has 3 heteroatoms. The van der Waals surface area contributed by atoms with Crippen LogP contribution < -0.4 is 10.6 Å². The average molecular weight is 250 g/mol. The molecule has 3 N–H and O–H groups in total. The van der Waals surface area contributed by atoms with E-state index in [0.717, 1.165) is 18.5 Å². The molecule has 0 aliphatic carbocycles. The molecular weight excluding hydrogens is 224 g/mol. The lowest BCUT2D eigenvalue weighted by Crippen LogP contribution is -2.35. The molecule has 0 amide bonds. The second-order valence-electron chi connectivity index (χ2n) is 5.72. The van der Waals surface area contributed by atoms with Crippen LogP contribution in [0.15, 0.2) is 24.3 Å². The average Bonchev–Trinajstić information content (AvgIpc) is 2.28. The van der Waals surface area contributed by atoms with Gasteiger partial charge in [-0.2, -0.15) is 0 Å². The molecule has 0 bridgehead atoms. The van der Waals surface area contributed by atoms with Gasteiger partial charge in [0.2, 0.25) is 0 Å². The third kappa shape index (κ3) is 4.67. The van der Waals surface area contributed by atoms with E-state index in [1.54, 1.807) is 0 Å². The maximum Gasteiger partial charge on any atom is 0.0608 e. The Labute approximate surface area is 111 Å². The summed E-state index contributed by atoms with van der Waals surface area (Å²) in [6.07, 6.45) is 0.754. The summed E-state index contributed by atoms with van der Waals surface area (Å²) in [4.78, 5) is 2.30. The standard InChI is InChI=1S/C15H26N2O/c1-12(2)17(10-9-15(3,4)18)14-7-5-13(11-16)6-8-14/h5-8,12,18H,9-11,16H2,1-4H3. The van der Waals surface area contributed by atoms with Crippen LogP contribution >= 0.6 is 0 Å². The predicted octanol–water partition coefficient (Wildman–Crippen LogP) is 2.52. The van der Waals surface area contributed by atoms with Gasteiger partial charge in [0.25, 0.3) is 0 Å². The van der Waals surface area contributed by atoms with Crippen molar-refractivity contribution in [2.24, 2.45) is 5.73 Å². The molecule has 0 spiro atoms. The van der Waals surface area contributed by atoms with Crippen molar-refractivity contribution >= 4 is 5.69 Å². The van der Waals surface area contributed by atoms with Crippen LogP contribution in [0.3, 0.4) is 0 Å². The summed E-state index contributed by atoms with van der Waals surface area (Å²) in [6, 6.07) is 8.75. The van der Waals surface area contributed by atoms with Crippen LogP contribution in [-0.4, -0.2) is 23.3 Å². The highest BCUT2D eigenvalue weighted by atomic mass is 16.3. The SMILES string of the molecule is CC(C)N(CCC(C)(C)O)c1ccc(CN)cc1. The summed E-state index contributed by atoms with van der Waals surface area (Å²) in [7, 11) is 0. The quantitative estimate of drug-likeness (QED) is 0.815. The summed E-state index contributed by atoms with van der Waals surface area (Å²) in [5, 5.41) is 9.83. The summed E-state index contributed by atoms with van der Waals surface area (Å²) in [6.45, 7) is 9.46. The van der Waals surface area contributed by atoms with Crippen LogP contribution in [0.1, 0.15) is 39.7 Å². The molecule has 0 unspecified atom stereocenters. The van der Waals surface area contributed by atoms with Gasteiger partial charge in [-0.3, -0.25) is 0 Å². The zero-order valence-electron chi connectivity index (χ0n) is 12.0. The van der Waals surface area contributed by atoms with Gasteiger partial charge in [-0.05, 0) is 51.8 Å². The van der Waals surface area contributed by atoms with E-state index in [4.69, 9.17) is 5.73 Å². The van der Waals surface area contributed by atoms with Gasteiger partial charge in [-0.15, -0.1) is 0 Å². The summed E-state index contributed by atoms with van der Waals surface area (Å²) in [5.74, 6) is 0. The molecule has 102 valence electrons. The Morgan fingerprint density at radius 2 is 1.78 bits per heavy atom. The van der Waals surface area contributed by atoms with Crippen LogP contribution in [0, 0.1) is 0 Å². The number of hydrogen-bond donors (Lipinski definition) is 2. The Kier molecular flexibility index (Phi) is 5.17. The minimum absolute atomic E-state index is 0.413. The lowest BCUT2D eigenvalue weighted by atomic mass is 10.0. The maximum atomic E-state index is 9.83. The molecule has 1 rings (SSSR count). The third-order valence-electron chi connectivity index (χ3n) is 3.09. The first-order chi connectivity index (χ1) is 8.33. The number of aliphatic hydroxyl groups is 1. The van der Waals surface area contributed by atoms with E-state index in [1.807, 2.05) is 13.8 Å². The van der Waals surface area contributed by atoms with E-state index in [2.05, 4.69) is 43.0 Å². The van der Waals surface area contributed by atoms with E-state index in [1.165, 1.54) is 5.69 Å². The van der Waals surface area contributed by atoms with E-state index < -0.39 is 5.60 Å². The van der Waals surface area contributed by atoms with Gasteiger partial charge in [-0.25, -0.2) is 0 Å². The highest BCUT2D eigenvalue weighted by Gasteiger charge is 2.17. The zero-order valence-corrected chi connectivity index (χ0v) is 12.0. The normalized spacial score (nSPS) is 11.9. The number of rotatable bonds is 6. The van der Waals surface area contributed by atoms with Crippen LogP contribution in [0.25, 0.3) is 0 Å². The molecule has 0 saturated carbocycles. The Hall–Kier alpha value is -1.06. The Morgan fingerprint density at radius 1 is 1.22 bits per heavy atom. The van der Waals surface area contributed by atoms with Crippen molar-refractivity contribution in [3.05, 3.63) is 29.8 Å². The Morgan fingerprint density at radius 3 is 2.17 bits per heavy atom. The first kappa shape index (κ1) is 15.0. The Bertz CT molecular complexity index is 352. The monoisotopic (exact) mass is 250 g/mol. The zero-order chi connectivity index (χ0) is 13.8. The first-order valence-corrected chi connectivity index (χ1v) is 6.61. The van der Waals surface area contributed by atoms with Crippen LogP contribution in [-0.2, 0) is 6.54 Å². The number of benzene rings is 1. The van der Waals surface area contributed by atoms with Crippen molar-refractivity contribution in [1.29, 1.82) is 0 Å². The van der Waals surface area contributed by atoms with Crippen molar-refractivity contribution in [2.75, 3.05) is 11.4 Å². The second kappa shape index (κ2) is 6.21. The van der Waals surface area contributed by atoms with E-state index in [9.17, 15) is 5.11 Å². The van der Waals surface area contributed by atoms with Gasteiger partial charge in [0, 0.05) is 24.8 Å². The summed E-state index contributed by atoms with van der Waals surface area (Å²) in [5.41, 5.74) is 7.31. The minimum Gasteiger partial charge on any atom is -0.390 e. The lowest BCUT2D eigenvalue weighted by Gasteiger charge is -2.31. The predicted molar refractivity (Wildman–Crippen MR) is 77.7 cm³/mol. The highest BCUT2D eigenvalue weighted by Crippen LogP contribution is 2.20. The molecule has 0 radical (unpaired) electrons. The molecule has 0 aromatic heterocycles.